The largest absolute Gasteiger partial charge is 0.318 e. The first-order valence-electron chi connectivity index (χ1n) is 4.13. The van der Waals surface area contributed by atoms with Gasteiger partial charge in [-0.05, 0) is 17.7 Å². The van der Waals surface area contributed by atoms with Crippen LogP contribution in [0.3, 0.4) is 0 Å². The van der Waals surface area contributed by atoms with Crippen molar-refractivity contribution >= 4 is 0 Å². The predicted octanol–water partition coefficient (Wildman–Crippen LogP) is 0.992. The van der Waals surface area contributed by atoms with E-state index in [1.807, 2.05) is 0 Å². The fraction of sp³-hybridized carbons (Fsp3) is 0.111. The highest BCUT2D eigenvalue weighted by Crippen LogP contribution is 2.15. The SMILES string of the molecule is NC(c1cccc(F)c1)c1ncn[nH]1. The van der Waals surface area contributed by atoms with Gasteiger partial charge in [-0.15, -0.1) is 0 Å². The van der Waals surface area contributed by atoms with E-state index in [2.05, 4.69) is 15.2 Å². The Kier molecular flexibility index (Phi) is 2.24. The standard InChI is InChI=1S/C9H9FN4/c10-7-3-1-2-6(4-7)8(11)9-12-5-13-14-9/h1-5,8H,11H2,(H,12,13,14). The Balaban J connectivity index is 2.32. The Bertz CT molecular complexity index is 413. The summed E-state index contributed by atoms with van der Waals surface area (Å²) in [4.78, 5) is 3.91. The maximum absolute atomic E-state index is 12.9. The molecule has 0 spiro atoms. The van der Waals surface area contributed by atoms with Crippen LogP contribution in [-0.4, -0.2) is 15.2 Å². The summed E-state index contributed by atoms with van der Waals surface area (Å²) in [7, 11) is 0. The first kappa shape index (κ1) is 8.83. The molecule has 0 radical (unpaired) electrons. The molecule has 0 bridgehead atoms. The van der Waals surface area contributed by atoms with Crippen LogP contribution in [0.1, 0.15) is 17.4 Å². The highest BCUT2D eigenvalue weighted by Gasteiger charge is 2.11. The first-order chi connectivity index (χ1) is 6.77. The van der Waals surface area contributed by atoms with E-state index in [1.165, 1.54) is 18.5 Å². The van der Waals surface area contributed by atoms with Crippen LogP contribution in [0.25, 0.3) is 0 Å². The molecule has 4 nitrogen and oxygen atoms in total. The van der Waals surface area contributed by atoms with Gasteiger partial charge in [0.05, 0.1) is 6.04 Å². The average molecular weight is 192 g/mol. The van der Waals surface area contributed by atoms with E-state index in [4.69, 9.17) is 5.73 Å². The van der Waals surface area contributed by atoms with Crippen molar-refractivity contribution in [2.75, 3.05) is 0 Å². The lowest BCUT2D eigenvalue weighted by Gasteiger charge is -2.07. The lowest BCUT2D eigenvalue weighted by molar-refractivity contribution is 0.622. The van der Waals surface area contributed by atoms with Gasteiger partial charge < -0.3 is 5.73 Å². The lowest BCUT2D eigenvalue weighted by atomic mass is 10.1. The molecule has 72 valence electrons. The molecule has 0 saturated carbocycles. The van der Waals surface area contributed by atoms with Crippen molar-refractivity contribution in [3.63, 3.8) is 0 Å². The lowest BCUT2D eigenvalue weighted by Crippen LogP contribution is -2.13. The molecule has 3 N–H and O–H groups in total. The molecule has 14 heavy (non-hydrogen) atoms. The fourth-order valence-electron chi connectivity index (χ4n) is 1.22. The summed E-state index contributed by atoms with van der Waals surface area (Å²) in [5.74, 6) is 0.216. The van der Waals surface area contributed by atoms with Crippen molar-refractivity contribution in [1.82, 2.24) is 15.2 Å². The number of benzene rings is 1. The number of nitrogens with two attached hydrogens (primary N) is 1. The van der Waals surface area contributed by atoms with Crippen LogP contribution >= 0.6 is 0 Å². The molecule has 0 saturated heterocycles. The number of halogens is 1. The summed E-state index contributed by atoms with van der Waals surface area (Å²) in [5.41, 5.74) is 6.50. The minimum absolute atomic E-state index is 0.308. The van der Waals surface area contributed by atoms with Crippen molar-refractivity contribution in [3.8, 4) is 0 Å². The number of aromatic amines is 1. The number of rotatable bonds is 2. The molecule has 1 atom stereocenters. The summed E-state index contributed by atoms with van der Waals surface area (Å²) in [6, 6.07) is 5.65. The van der Waals surface area contributed by atoms with E-state index >= 15 is 0 Å². The molecular weight excluding hydrogens is 183 g/mol. The highest BCUT2D eigenvalue weighted by molar-refractivity contribution is 5.24. The second kappa shape index (κ2) is 3.55. The quantitative estimate of drug-likeness (QED) is 0.745. The van der Waals surface area contributed by atoms with Crippen LogP contribution in [0.5, 0.6) is 0 Å². The molecule has 2 aromatic rings. The van der Waals surface area contributed by atoms with Crippen molar-refractivity contribution in [2.45, 2.75) is 6.04 Å². The second-order valence-electron chi connectivity index (χ2n) is 2.90. The topological polar surface area (TPSA) is 67.6 Å². The fourth-order valence-corrected chi connectivity index (χ4v) is 1.22. The molecule has 0 aliphatic rings. The Morgan fingerprint density at radius 2 is 2.29 bits per heavy atom. The second-order valence-corrected chi connectivity index (χ2v) is 2.90. The number of hydrogen-bond acceptors (Lipinski definition) is 3. The van der Waals surface area contributed by atoms with Crippen LogP contribution < -0.4 is 5.73 Å². The minimum Gasteiger partial charge on any atom is -0.318 e. The Morgan fingerprint density at radius 1 is 1.43 bits per heavy atom. The Hall–Kier alpha value is -1.75. The molecule has 1 aromatic carbocycles. The van der Waals surface area contributed by atoms with Gasteiger partial charge in [-0.2, -0.15) is 5.10 Å². The molecule has 0 amide bonds. The van der Waals surface area contributed by atoms with E-state index in [-0.39, 0.29) is 5.82 Å². The molecule has 0 aliphatic heterocycles. The number of nitrogens with one attached hydrogen (secondary N) is 1. The molecule has 0 aliphatic carbocycles. The molecule has 2 rings (SSSR count). The van der Waals surface area contributed by atoms with Gasteiger partial charge in [0, 0.05) is 0 Å². The van der Waals surface area contributed by atoms with Gasteiger partial charge in [0.2, 0.25) is 0 Å². The third-order valence-electron chi connectivity index (χ3n) is 1.94. The van der Waals surface area contributed by atoms with Crippen molar-refractivity contribution in [2.24, 2.45) is 5.73 Å². The predicted molar refractivity (Wildman–Crippen MR) is 48.8 cm³/mol. The van der Waals surface area contributed by atoms with Crippen LogP contribution in [0, 0.1) is 5.82 Å². The molecule has 1 unspecified atom stereocenters. The van der Waals surface area contributed by atoms with Gasteiger partial charge in [-0.1, -0.05) is 12.1 Å². The van der Waals surface area contributed by atoms with Crippen molar-refractivity contribution in [1.29, 1.82) is 0 Å². The summed E-state index contributed by atoms with van der Waals surface area (Å²) < 4.78 is 12.9. The van der Waals surface area contributed by atoms with Crippen LogP contribution in [0.4, 0.5) is 4.39 Å². The number of H-pyrrole nitrogens is 1. The van der Waals surface area contributed by atoms with Gasteiger partial charge in [0.25, 0.3) is 0 Å². The van der Waals surface area contributed by atoms with Crippen LogP contribution in [-0.2, 0) is 0 Å². The van der Waals surface area contributed by atoms with Crippen LogP contribution in [0.2, 0.25) is 0 Å². The van der Waals surface area contributed by atoms with Gasteiger partial charge in [-0.3, -0.25) is 5.10 Å². The first-order valence-corrected chi connectivity index (χ1v) is 4.13. The van der Waals surface area contributed by atoms with E-state index in [1.54, 1.807) is 12.1 Å². The smallest absolute Gasteiger partial charge is 0.145 e. The minimum atomic E-state index is -0.465. The maximum Gasteiger partial charge on any atom is 0.145 e. The molecule has 5 heteroatoms. The number of hydrogen-bond donors (Lipinski definition) is 2. The van der Waals surface area contributed by atoms with Crippen molar-refractivity contribution in [3.05, 3.63) is 47.8 Å². The third kappa shape index (κ3) is 1.62. The van der Waals surface area contributed by atoms with E-state index in [0.717, 1.165) is 0 Å². The normalized spacial score (nSPS) is 12.7. The Morgan fingerprint density at radius 3 is 2.93 bits per heavy atom. The summed E-state index contributed by atoms with van der Waals surface area (Å²) >= 11 is 0. The van der Waals surface area contributed by atoms with E-state index in [0.29, 0.717) is 11.4 Å². The molecule has 0 fully saturated rings. The van der Waals surface area contributed by atoms with E-state index in [9.17, 15) is 4.39 Å². The van der Waals surface area contributed by atoms with E-state index < -0.39 is 6.04 Å². The average Bonchev–Trinajstić information content (AvgIpc) is 2.69. The van der Waals surface area contributed by atoms with Gasteiger partial charge >= 0.3 is 0 Å². The number of aromatic nitrogens is 3. The van der Waals surface area contributed by atoms with Gasteiger partial charge in [-0.25, -0.2) is 9.37 Å². The summed E-state index contributed by atoms with van der Waals surface area (Å²) in [6.07, 6.45) is 1.37. The van der Waals surface area contributed by atoms with Crippen LogP contribution in [0.15, 0.2) is 30.6 Å². The molecular formula is C9H9FN4. The maximum atomic E-state index is 12.9. The molecule has 1 heterocycles. The zero-order chi connectivity index (χ0) is 9.97. The summed E-state index contributed by atoms with van der Waals surface area (Å²) in [6.45, 7) is 0. The molecule has 1 aromatic heterocycles. The third-order valence-corrected chi connectivity index (χ3v) is 1.94. The summed E-state index contributed by atoms with van der Waals surface area (Å²) in [5, 5.41) is 6.33. The monoisotopic (exact) mass is 192 g/mol. The Labute approximate surface area is 80.0 Å². The number of nitrogens with zero attached hydrogens (tertiary/aromatic N) is 2. The van der Waals surface area contributed by atoms with Crippen molar-refractivity contribution < 1.29 is 4.39 Å². The van der Waals surface area contributed by atoms with Gasteiger partial charge in [0.1, 0.15) is 18.0 Å². The zero-order valence-electron chi connectivity index (χ0n) is 7.31. The highest BCUT2D eigenvalue weighted by atomic mass is 19.1. The van der Waals surface area contributed by atoms with Gasteiger partial charge in [0.15, 0.2) is 0 Å². The zero-order valence-corrected chi connectivity index (χ0v) is 7.31.